The average Bonchev–Trinajstić information content (AvgIpc) is 3.01. The van der Waals surface area contributed by atoms with Gasteiger partial charge < -0.3 is 20.5 Å². The number of aryl methyl sites for hydroxylation is 2. The molecule has 42 heavy (non-hydrogen) atoms. The maximum absolute atomic E-state index is 13.9. The molecule has 1 aliphatic carbocycles. The lowest BCUT2D eigenvalue weighted by atomic mass is 9.81. The molecular weight excluding hydrogens is 550 g/mol. The molecule has 1 saturated carbocycles. The second-order valence-corrected chi connectivity index (χ2v) is 14.6. The van der Waals surface area contributed by atoms with E-state index in [0.717, 1.165) is 61.9 Å². The van der Waals surface area contributed by atoms with Crippen molar-refractivity contribution in [3.05, 3.63) is 65.2 Å². The van der Waals surface area contributed by atoms with Crippen molar-refractivity contribution in [2.75, 3.05) is 39.4 Å². The van der Waals surface area contributed by atoms with Crippen molar-refractivity contribution in [1.29, 1.82) is 0 Å². The Kier molecular flexibility index (Phi) is 10.4. The fourth-order valence-corrected chi connectivity index (χ4v) is 9.40. The molecule has 2 aromatic rings. The molecule has 2 aliphatic heterocycles. The van der Waals surface area contributed by atoms with E-state index in [0.29, 0.717) is 43.8 Å². The van der Waals surface area contributed by atoms with Gasteiger partial charge in [-0.1, -0.05) is 68.7 Å². The molecule has 8 nitrogen and oxygen atoms in total. The number of ether oxygens (including phenoxy) is 1. The van der Waals surface area contributed by atoms with Crippen LogP contribution in [0.1, 0.15) is 74.6 Å². The number of rotatable bonds is 11. The highest BCUT2D eigenvalue weighted by atomic mass is 32.2. The van der Waals surface area contributed by atoms with Gasteiger partial charge >= 0.3 is 0 Å². The number of fused-ring (bicyclic) bond motifs is 1. The van der Waals surface area contributed by atoms with Crippen LogP contribution in [0.2, 0.25) is 0 Å². The third-order valence-corrected chi connectivity index (χ3v) is 12.2. The third kappa shape index (κ3) is 7.08. The lowest BCUT2D eigenvalue weighted by Crippen LogP contribution is -2.53. The van der Waals surface area contributed by atoms with Gasteiger partial charge in [0.05, 0.1) is 41.5 Å². The van der Waals surface area contributed by atoms with Crippen LogP contribution in [-0.4, -0.2) is 80.6 Å². The van der Waals surface area contributed by atoms with Gasteiger partial charge in [0.15, 0.2) is 9.84 Å². The highest BCUT2D eigenvalue weighted by molar-refractivity contribution is 7.93. The van der Waals surface area contributed by atoms with E-state index in [1.165, 1.54) is 0 Å². The second kappa shape index (κ2) is 14.0. The Morgan fingerprint density at radius 1 is 1.07 bits per heavy atom. The summed E-state index contributed by atoms with van der Waals surface area (Å²) in [6.07, 6.45) is 6.12. The average molecular weight is 598 g/mol. The van der Waals surface area contributed by atoms with Crippen molar-refractivity contribution in [2.45, 2.75) is 92.5 Å². The number of aliphatic hydroxyl groups is 1. The van der Waals surface area contributed by atoms with Crippen LogP contribution in [0.15, 0.2) is 53.4 Å². The Morgan fingerprint density at radius 3 is 2.52 bits per heavy atom. The van der Waals surface area contributed by atoms with Gasteiger partial charge in [0.1, 0.15) is 0 Å². The van der Waals surface area contributed by atoms with E-state index in [9.17, 15) is 18.3 Å². The standard InChI is InChI=1S/C33H47N3O5S/c1-2-25-12-14-31-27(21-25)29(22-33(42(31,39)40)15-7-4-8-16-33)34-23-30(37)28(13-11-26-9-5-3-6-10-26)35-32(38)24-36-17-19-41-20-18-36/h3,5-6,9-10,12,14,21,28-30,34,37H,2,4,7-8,11,13,15-20,22-24H2,1H3,(H,35,38)/t28-,29-,30+/m0/s1. The van der Waals surface area contributed by atoms with Crippen molar-refractivity contribution in [3.8, 4) is 0 Å². The SMILES string of the molecule is CCc1ccc2c(c1)[C@@H](NC[C@@H](O)[C@H](CCc1ccccc1)NC(=O)CN1CCOCC1)CC1(CCCCC1)S2(=O)=O. The molecule has 5 rings (SSSR count). The summed E-state index contributed by atoms with van der Waals surface area (Å²) in [6, 6.07) is 15.3. The Labute approximate surface area is 251 Å². The zero-order valence-corrected chi connectivity index (χ0v) is 25.7. The zero-order valence-electron chi connectivity index (χ0n) is 24.9. The van der Waals surface area contributed by atoms with Crippen LogP contribution in [0.25, 0.3) is 0 Å². The Bertz CT molecular complexity index is 1290. The van der Waals surface area contributed by atoms with Crippen molar-refractivity contribution in [2.24, 2.45) is 0 Å². The number of amides is 1. The van der Waals surface area contributed by atoms with Crippen LogP contribution in [0.3, 0.4) is 0 Å². The lowest BCUT2D eigenvalue weighted by molar-refractivity contribution is -0.124. The summed E-state index contributed by atoms with van der Waals surface area (Å²) in [4.78, 5) is 15.6. The molecule has 0 unspecified atom stereocenters. The summed E-state index contributed by atoms with van der Waals surface area (Å²) in [5.74, 6) is -0.100. The van der Waals surface area contributed by atoms with Gasteiger partial charge in [-0.15, -0.1) is 0 Å². The summed E-state index contributed by atoms with van der Waals surface area (Å²) in [5, 5.41) is 18.2. The van der Waals surface area contributed by atoms with E-state index >= 15 is 0 Å². The van der Waals surface area contributed by atoms with Crippen molar-refractivity contribution >= 4 is 15.7 Å². The van der Waals surface area contributed by atoms with Gasteiger partial charge in [-0.25, -0.2) is 8.42 Å². The summed E-state index contributed by atoms with van der Waals surface area (Å²) >= 11 is 0. The molecule has 0 bridgehead atoms. The number of carbonyl (C=O) groups is 1. The molecule has 3 aliphatic rings. The third-order valence-electron chi connectivity index (χ3n) is 9.50. The summed E-state index contributed by atoms with van der Waals surface area (Å²) in [7, 11) is -3.46. The second-order valence-electron chi connectivity index (χ2n) is 12.3. The number of nitrogens with zero attached hydrogens (tertiary/aromatic N) is 1. The predicted molar refractivity (Wildman–Crippen MR) is 164 cm³/mol. The van der Waals surface area contributed by atoms with Crippen LogP contribution in [0.4, 0.5) is 0 Å². The minimum atomic E-state index is -3.46. The molecule has 3 atom stereocenters. The highest BCUT2D eigenvalue weighted by Gasteiger charge is 2.51. The molecule has 0 aromatic heterocycles. The van der Waals surface area contributed by atoms with Crippen molar-refractivity contribution in [1.82, 2.24) is 15.5 Å². The number of aliphatic hydroxyl groups excluding tert-OH is 1. The summed E-state index contributed by atoms with van der Waals surface area (Å²) in [5.41, 5.74) is 3.07. The topological polar surface area (TPSA) is 108 Å². The maximum atomic E-state index is 13.9. The van der Waals surface area contributed by atoms with Crippen LogP contribution in [-0.2, 0) is 32.2 Å². The molecule has 9 heteroatoms. The lowest BCUT2D eigenvalue weighted by Gasteiger charge is -2.44. The van der Waals surface area contributed by atoms with Crippen LogP contribution >= 0.6 is 0 Å². The number of sulfone groups is 1. The molecule has 1 saturated heterocycles. The Balaban J connectivity index is 1.32. The van der Waals surface area contributed by atoms with Gasteiger partial charge in [-0.05, 0) is 61.3 Å². The fraction of sp³-hybridized carbons (Fsp3) is 0.606. The van der Waals surface area contributed by atoms with Gasteiger partial charge in [0.2, 0.25) is 5.91 Å². The minimum absolute atomic E-state index is 0.100. The van der Waals surface area contributed by atoms with E-state index in [4.69, 9.17) is 4.74 Å². The van der Waals surface area contributed by atoms with E-state index in [1.54, 1.807) is 6.07 Å². The molecular formula is C33H47N3O5S. The number of benzene rings is 2. The maximum Gasteiger partial charge on any atom is 0.234 e. The Morgan fingerprint density at radius 2 is 1.81 bits per heavy atom. The highest BCUT2D eigenvalue weighted by Crippen LogP contribution is 2.50. The first kappa shape index (κ1) is 31.1. The Hall–Kier alpha value is -2.30. The van der Waals surface area contributed by atoms with Crippen LogP contribution < -0.4 is 10.6 Å². The largest absolute Gasteiger partial charge is 0.390 e. The predicted octanol–water partition coefficient (Wildman–Crippen LogP) is 3.57. The normalized spacial score (nSPS) is 23.1. The molecule has 230 valence electrons. The first-order valence-electron chi connectivity index (χ1n) is 15.7. The summed E-state index contributed by atoms with van der Waals surface area (Å²) < 4.78 is 32.5. The number of morpholine rings is 1. The van der Waals surface area contributed by atoms with Gasteiger partial charge in [0.25, 0.3) is 0 Å². The van der Waals surface area contributed by atoms with E-state index in [2.05, 4.69) is 34.6 Å². The van der Waals surface area contributed by atoms with Crippen LogP contribution in [0, 0.1) is 0 Å². The van der Waals surface area contributed by atoms with Crippen molar-refractivity contribution < 1.29 is 23.1 Å². The number of hydrogen-bond acceptors (Lipinski definition) is 7. The number of carbonyl (C=O) groups excluding carboxylic acids is 1. The fourth-order valence-electron chi connectivity index (χ4n) is 6.96. The summed E-state index contributed by atoms with van der Waals surface area (Å²) in [6.45, 7) is 5.30. The monoisotopic (exact) mass is 597 g/mol. The van der Waals surface area contributed by atoms with E-state index in [-0.39, 0.29) is 25.0 Å². The van der Waals surface area contributed by atoms with Crippen LogP contribution in [0.5, 0.6) is 0 Å². The molecule has 3 N–H and O–H groups in total. The molecule has 1 amide bonds. The molecule has 1 spiro atoms. The smallest absolute Gasteiger partial charge is 0.234 e. The van der Waals surface area contributed by atoms with Gasteiger partial charge in [-0.3, -0.25) is 9.69 Å². The van der Waals surface area contributed by atoms with Gasteiger partial charge in [0, 0.05) is 25.7 Å². The first-order chi connectivity index (χ1) is 20.3. The molecule has 2 aromatic carbocycles. The quantitative estimate of drug-likeness (QED) is 0.364. The van der Waals surface area contributed by atoms with E-state index < -0.39 is 26.7 Å². The number of nitrogens with one attached hydrogen (secondary N) is 2. The van der Waals surface area contributed by atoms with Crippen molar-refractivity contribution in [3.63, 3.8) is 0 Å². The first-order valence-corrected chi connectivity index (χ1v) is 17.2. The number of hydrogen-bond donors (Lipinski definition) is 3. The van der Waals surface area contributed by atoms with Gasteiger partial charge in [-0.2, -0.15) is 0 Å². The molecule has 2 heterocycles. The molecule has 0 radical (unpaired) electrons. The minimum Gasteiger partial charge on any atom is -0.390 e. The zero-order chi connectivity index (χ0) is 29.6. The van der Waals surface area contributed by atoms with E-state index in [1.807, 2.05) is 30.3 Å². The molecule has 2 fully saturated rings.